The molecule has 146 valence electrons. The van der Waals surface area contributed by atoms with Crippen LogP contribution >= 0.6 is 30.8 Å². The highest BCUT2D eigenvalue weighted by Crippen LogP contribution is 2.58. The van der Waals surface area contributed by atoms with Crippen molar-refractivity contribution >= 4 is 42.9 Å². The number of amides is 1. The Labute approximate surface area is 161 Å². The highest BCUT2D eigenvalue weighted by Gasteiger charge is 2.53. The van der Waals surface area contributed by atoms with Gasteiger partial charge in [-0.1, -0.05) is 66.9 Å². The molecule has 0 aliphatic carbocycles. The average Bonchev–Trinajstić information content (AvgIpc) is 2.57. The van der Waals surface area contributed by atoms with Crippen molar-refractivity contribution in [3.63, 3.8) is 0 Å². The SMILES string of the molecule is CCCCOC(=O)CN(C(=O)OCc1ccccc1)C(Cl)(Cl)P(=O)(O)O. The van der Waals surface area contributed by atoms with E-state index in [0.29, 0.717) is 12.0 Å². The molecule has 0 aliphatic heterocycles. The molecule has 1 amide bonds. The molecule has 0 unspecified atom stereocenters. The Morgan fingerprint density at radius 1 is 1.19 bits per heavy atom. The minimum atomic E-state index is -5.21. The van der Waals surface area contributed by atoms with Crippen molar-refractivity contribution in [2.24, 2.45) is 0 Å². The fourth-order valence-corrected chi connectivity index (χ4v) is 2.45. The molecule has 1 aromatic carbocycles. The summed E-state index contributed by atoms with van der Waals surface area (Å²) in [5.41, 5.74) is 0.622. The van der Waals surface area contributed by atoms with Gasteiger partial charge in [0.25, 0.3) is 4.20 Å². The summed E-state index contributed by atoms with van der Waals surface area (Å²) in [5.74, 6) is -0.922. The van der Waals surface area contributed by atoms with Crippen LogP contribution in [0.4, 0.5) is 4.79 Å². The van der Waals surface area contributed by atoms with Crippen molar-refractivity contribution in [3.8, 4) is 0 Å². The maximum atomic E-state index is 12.3. The number of ether oxygens (including phenoxy) is 2. The topological polar surface area (TPSA) is 113 Å². The first-order valence-corrected chi connectivity index (χ1v) is 10.0. The van der Waals surface area contributed by atoms with E-state index < -0.39 is 30.4 Å². The van der Waals surface area contributed by atoms with E-state index in [4.69, 9.17) is 32.7 Å². The van der Waals surface area contributed by atoms with Crippen LogP contribution in [0.15, 0.2) is 30.3 Å². The van der Waals surface area contributed by atoms with Gasteiger partial charge in [0.1, 0.15) is 13.2 Å². The molecule has 2 N–H and O–H groups in total. The van der Waals surface area contributed by atoms with Crippen LogP contribution < -0.4 is 0 Å². The van der Waals surface area contributed by atoms with Gasteiger partial charge in [-0.3, -0.25) is 14.3 Å². The summed E-state index contributed by atoms with van der Waals surface area (Å²) < 4.78 is 18.4. The number of alkyl halides is 2. The lowest BCUT2D eigenvalue weighted by Crippen LogP contribution is -2.47. The van der Waals surface area contributed by atoms with Gasteiger partial charge in [0.05, 0.1) is 6.61 Å². The minimum Gasteiger partial charge on any atom is -0.464 e. The summed E-state index contributed by atoms with van der Waals surface area (Å²) in [7, 11) is -5.21. The van der Waals surface area contributed by atoms with Gasteiger partial charge >= 0.3 is 19.7 Å². The first-order valence-electron chi connectivity index (χ1n) is 7.67. The molecule has 1 aromatic rings. The molecule has 0 spiro atoms. The van der Waals surface area contributed by atoms with Crippen molar-refractivity contribution < 1.29 is 33.4 Å². The number of benzene rings is 1. The predicted octanol–water partition coefficient (Wildman–Crippen LogP) is 3.24. The molecule has 11 heteroatoms. The number of hydrogen-bond donors (Lipinski definition) is 2. The average molecular weight is 428 g/mol. The summed E-state index contributed by atoms with van der Waals surface area (Å²) in [5, 5.41) is 0. The number of unbranched alkanes of at least 4 members (excludes halogenated alkanes) is 1. The Morgan fingerprint density at radius 3 is 2.35 bits per heavy atom. The Bertz CT molecular complexity index is 651. The van der Waals surface area contributed by atoms with Gasteiger partial charge in [-0.2, -0.15) is 0 Å². The summed E-state index contributed by atoms with van der Waals surface area (Å²) in [6.07, 6.45) is 0.0953. The number of carbonyl (C=O) groups excluding carboxylic acids is 2. The van der Waals surface area contributed by atoms with Gasteiger partial charge in [0.2, 0.25) is 0 Å². The molecule has 0 saturated heterocycles. The predicted molar refractivity (Wildman–Crippen MR) is 95.7 cm³/mol. The van der Waals surface area contributed by atoms with Crippen LogP contribution in [-0.2, 0) is 25.4 Å². The van der Waals surface area contributed by atoms with Crippen molar-refractivity contribution in [1.29, 1.82) is 0 Å². The highest BCUT2D eigenvalue weighted by molar-refractivity contribution is 7.58. The van der Waals surface area contributed by atoms with E-state index in [-0.39, 0.29) is 18.1 Å². The van der Waals surface area contributed by atoms with Gasteiger partial charge in [0, 0.05) is 0 Å². The van der Waals surface area contributed by atoms with E-state index in [9.17, 15) is 23.9 Å². The van der Waals surface area contributed by atoms with Crippen LogP contribution in [0, 0.1) is 0 Å². The number of halogens is 2. The third-order valence-corrected chi connectivity index (χ3v) is 5.82. The molecule has 8 nitrogen and oxygen atoms in total. The van der Waals surface area contributed by atoms with Crippen molar-refractivity contribution in [2.75, 3.05) is 13.2 Å². The Balaban J connectivity index is 2.87. The lowest BCUT2D eigenvalue weighted by atomic mass is 10.2. The number of carbonyl (C=O) groups is 2. The van der Waals surface area contributed by atoms with Crippen LogP contribution in [0.3, 0.4) is 0 Å². The van der Waals surface area contributed by atoms with Gasteiger partial charge in [-0.05, 0) is 12.0 Å². The standard InChI is InChI=1S/C15H20Cl2NO7P/c1-2-3-9-24-13(19)10-18(15(16,17)26(21,22)23)14(20)25-11-12-7-5-4-6-8-12/h4-8H,2-3,9-11H2,1H3,(H2,21,22,23). The third-order valence-electron chi connectivity index (χ3n) is 3.15. The monoisotopic (exact) mass is 427 g/mol. The molecular formula is C15H20Cl2NO7P. The molecular weight excluding hydrogens is 408 g/mol. The molecule has 0 atom stereocenters. The van der Waals surface area contributed by atoms with Crippen molar-refractivity contribution in [2.45, 2.75) is 30.6 Å². The highest BCUT2D eigenvalue weighted by atomic mass is 35.5. The Kier molecular flexibility index (Phi) is 8.86. The second-order valence-corrected chi connectivity index (χ2v) is 8.80. The van der Waals surface area contributed by atoms with Crippen LogP contribution in [0.1, 0.15) is 25.3 Å². The van der Waals surface area contributed by atoms with E-state index in [1.54, 1.807) is 30.3 Å². The Hall–Kier alpha value is -1.31. The number of hydrogen-bond acceptors (Lipinski definition) is 5. The molecule has 0 heterocycles. The number of rotatable bonds is 9. The van der Waals surface area contributed by atoms with Crippen LogP contribution in [0.2, 0.25) is 0 Å². The van der Waals surface area contributed by atoms with Gasteiger partial charge < -0.3 is 19.3 Å². The third kappa shape index (κ3) is 6.78. The summed E-state index contributed by atoms with van der Waals surface area (Å²) in [6, 6.07) is 8.55. The maximum Gasteiger partial charge on any atom is 0.413 e. The molecule has 26 heavy (non-hydrogen) atoms. The molecule has 1 rings (SSSR count). The van der Waals surface area contributed by atoms with Crippen molar-refractivity contribution in [1.82, 2.24) is 4.90 Å². The Morgan fingerprint density at radius 2 is 1.81 bits per heavy atom. The molecule has 0 saturated carbocycles. The lowest BCUT2D eigenvalue weighted by Gasteiger charge is -2.32. The second-order valence-electron chi connectivity index (χ2n) is 5.25. The first-order chi connectivity index (χ1) is 12.1. The largest absolute Gasteiger partial charge is 0.464 e. The van der Waals surface area contributed by atoms with Crippen LogP contribution in [0.25, 0.3) is 0 Å². The zero-order chi connectivity index (χ0) is 19.8. The second kappa shape index (κ2) is 10.1. The zero-order valence-corrected chi connectivity index (χ0v) is 16.4. The fraction of sp³-hybridized carbons (Fsp3) is 0.467. The molecule has 0 aliphatic rings. The van der Waals surface area contributed by atoms with Crippen molar-refractivity contribution in [3.05, 3.63) is 35.9 Å². The molecule has 0 fully saturated rings. The lowest BCUT2D eigenvalue weighted by molar-refractivity contribution is -0.144. The number of nitrogens with zero attached hydrogens (tertiary/aromatic N) is 1. The first kappa shape index (κ1) is 22.7. The van der Waals surface area contributed by atoms with Crippen LogP contribution in [-0.4, -0.2) is 44.1 Å². The van der Waals surface area contributed by atoms with Gasteiger partial charge in [-0.25, -0.2) is 4.79 Å². The zero-order valence-electron chi connectivity index (χ0n) is 14.0. The summed E-state index contributed by atoms with van der Waals surface area (Å²) in [6.45, 7) is 0.897. The van der Waals surface area contributed by atoms with E-state index in [1.807, 2.05) is 6.92 Å². The molecule has 0 aromatic heterocycles. The van der Waals surface area contributed by atoms with E-state index in [2.05, 4.69) is 0 Å². The van der Waals surface area contributed by atoms with Gasteiger partial charge in [0.15, 0.2) is 0 Å². The summed E-state index contributed by atoms with van der Waals surface area (Å²) >= 11 is 11.4. The van der Waals surface area contributed by atoms with E-state index in [1.165, 1.54) is 0 Å². The van der Waals surface area contributed by atoms with Crippen LogP contribution in [0.5, 0.6) is 0 Å². The maximum absolute atomic E-state index is 12.3. The van der Waals surface area contributed by atoms with E-state index in [0.717, 1.165) is 6.42 Å². The minimum absolute atomic E-state index is 0.0930. The smallest absolute Gasteiger partial charge is 0.413 e. The summed E-state index contributed by atoms with van der Waals surface area (Å²) in [4.78, 5) is 43.0. The molecule has 0 bridgehead atoms. The quantitative estimate of drug-likeness (QED) is 0.204. The van der Waals surface area contributed by atoms with E-state index >= 15 is 0 Å². The molecule has 0 radical (unpaired) electrons. The van der Waals surface area contributed by atoms with Gasteiger partial charge in [-0.15, -0.1) is 0 Å². The normalized spacial score (nSPS) is 11.7. The number of esters is 1. The fourth-order valence-electron chi connectivity index (χ4n) is 1.73.